The van der Waals surface area contributed by atoms with E-state index in [0.29, 0.717) is 13.0 Å². The summed E-state index contributed by atoms with van der Waals surface area (Å²) in [7, 11) is 0. The standard InChI is InChI=1S/C13H14N2O3S/c1-8-7-19-12(15-8)4-5-14-13(18)10-3-2-9(16)6-11(10)17/h2-3,6-7,16-17H,4-5H2,1H3,(H,14,18). The number of hydrogen-bond donors (Lipinski definition) is 3. The number of rotatable bonds is 4. The van der Waals surface area contributed by atoms with Gasteiger partial charge in [0.05, 0.1) is 10.6 Å². The maximum Gasteiger partial charge on any atom is 0.255 e. The first kappa shape index (κ1) is 13.4. The second kappa shape index (κ2) is 5.71. The quantitative estimate of drug-likeness (QED) is 0.797. The van der Waals surface area contributed by atoms with E-state index in [1.165, 1.54) is 12.1 Å². The third-order valence-electron chi connectivity index (χ3n) is 2.52. The van der Waals surface area contributed by atoms with E-state index in [4.69, 9.17) is 5.11 Å². The zero-order valence-corrected chi connectivity index (χ0v) is 11.2. The second-order valence-corrected chi connectivity index (χ2v) is 5.03. The molecule has 6 heteroatoms. The highest BCUT2D eigenvalue weighted by Crippen LogP contribution is 2.22. The van der Waals surface area contributed by atoms with Crippen LogP contribution in [0.2, 0.25) is 0 Å². The largest absolute Gasteiger partial charge is 0.508 e. The van der Waals surface area contributed by atoms with Crippen LogP contribution in [0.15, 0.2) is 23.6 Å². The highest BCUT2D eigenvalue weighted by Gasteiger charge is 2.11. The van der Waals surface area contributed by atoms with Crippen molar-refractivity contribution in [3.8, 4) is 11.5 Å². The maximum absolute atomic E-state index is 11.8. The Bertz CT molecular complexity index is 595. The maximum atomic E-state index is 11.8. The molecule has 2 aromatic rings. The molecule has 2 rings (SSSR count). The number of hydrogen-bond acceptors (Lipinski definition) is 5. The van der Waals surface area contributed by atoms with Crippen LogP contribution in [0.1, 0.15) is 21.1 Å². The number of benzene rings is 1. The lowest BCUT2D eigenvalue weighted by atomic mass is 10.2. The summed E-state index contributed by atoms with van der Waals surface area (Å²) in [6.07, 6.45) is 0.656. The highest BCUT2D eigenvalue weighted by atomic mass is 32.1. The van der Waals surface area contributed by atoms with Crippen molar-refractivity contribution < 1.29 is 15.0 Å². The van der Waals surface area contributed by atoms with E-state index in [0.717, 1.165) is 16.8 Å². The van der Waals surface area contributed by atoms with Gasteiger partial charge in [-0.2, -0.15) is 0 Å². The van der Waals surface area contributed by atoms with E-state index < -0.39 is 0 Å². The normalized spacial score (nSPS) is 10.4. The average Bonchev–Trinajstić information content (AvgIpc) is 2.75. The molecule has 0 saturated carbocycles. The van der Waals surface area contributed by atoms with Gasteiger partial charge in [-0.1, -0.05) is 0 Å². The summed E-state index contributed by atoms with van der Waals surface area (Å²) in [6.45, 7) is 2.37. The topological polar surface area (TPSA) is 82.5 Å². The van der Waals surface area contributed by atoms with Crippen molar-refractivity contribution in [1.82, 2.24) is 10.3 Å². The number of aromatic hydroxyl groups is 2. The molecule has 1 aromatic carbocycles. The summed E-state index contributed by atoms with van der Waals surface area (Å²) in [4.78, 5) is 16.1. The first-order valence-electron chi connectivity index (χ1n) is 5.77. The number of aromatic nitrogens is 1. The fourth-order valence-corrected chi connectivity index (χ4v) is 2.38. The smallest absolute Gasteiger partial charge is 0.255 e. The van der Waals surface area contributed by atoms with Crippen LogP contribution < -0.4 is 5.32 Å². The number of amides is 1. The summed E-state index contributed by atoms with van der Waals surface area (Å²) in [5, 5.41) is 24.3. The highest BCUT2D eigenvalue weighted by molar-refractivity contribution is 7.09. The van der Waals surface area contributed by atoms with E-state index in [1.54, 1.807) is 11.3 Å². The van der Waals surface area contributed by atoms with Gasteiger partial charge in [-0.25, -0.2) is 4.98 Å². The van der Waals surface area contributed by atoms with Gasteiger partial charge in [-0.3, -0.25) is 4.79 Å². The lowest BCUT2D eigenvalue weighted by molar-refractivity contribution is 0.0951. The Labute approximate surface area is 114 Å². The molecule has 0 aliphatic rings. The number of carbonyl (C=O) groups is 1. The number of thiazole rings is 1. The first-order valence-corrected chi connectivity index (χ1v) is 6.65. The van der Waals surface area contributed by atoms with E-state index in [9.17, 15) is 9.90 Å². The minimum absolute atomic E-state index is 0.0766. The summed E-state index contributed by atoms with van der Waals surface area (Å²) < 4.78 is 0. The Kier molecular flexibility index (Phi) is 4.01. The molecular weight excluding hydrogens is 264 g/mol. The van der Waals surface area contributed by atoms with Crippen molar-refractivity contribution in [3.63, 3.8) is 0 Å². The zero-order valence-electron chi connectivity index (χ0n) is 10.4. The fraction of sp³-hybridized carbons (Fsp3) is 0.231. The number of carbonyl (C=O) groups excluding carboxylic acids is 1. The van der Waals surface area contributed by atoms with Crippen molar-refractivity contribution >= 4 is 17.2 Å². The predicted octanol–water partition coefficient (Wildman–Crippen LogP) is 1.84. The minimum atomic E-state index is -0.370. The summed E-state index contributed by atoms with van der Waals surface area (Å²) in [6, 6.07) is 3.88. The SMILES string of the molecule is Cc1csc(CCNC(=O)c2ccc(O)cc2O)n1. The van der Waals surface area contributed by atoms with Crippen molar-refractivity contribution in [2.24, 2.45) is 0 Å². The van der Waals surface area contributed by atoms with Gasteiger partial charge in [0.1, 0.15) is 11.5 Å². The molecule has 1 aromatic heterocycles. The van der Waals surface area contributed by atoms with Crippen LogP contribution in [0, 0.1) is 6.92 Å². The minimum Gasteiger partial charge on any atom is -0.508 e. The zero-order chi connectivity index (χ0) is 13.8. The molecule has 3 N–H and O–H groups in total. The van der Waals surface area contributed by atoms with Gasteiger partial charge in [-0.05, 0) is 19.1 Å². The van der Waals surface area contributed by atoms with Gasteiger partial charge in [0.25, 0.3) is 5.91 Å². The Hall–Kier alpha value is -2.08. The fourth-order valence-electron chi connectivity index (χ4n) is 1.61. The van der Waals surface area contributed by atoms with Gasteiger partial charge in [0, 0.05) is 30.1 Å². The van der Waals surface area contributed by atoms with Crippen molar-refractivity contribution in [1.29, 1.82) is 0 Å². The van der Waals surface area contributed by atoms with Crippen molar-refractivity contribution in [3.05, 3.63) is 39.8 Å². The number of phenolic OH excluding ortho intramolecular Hbond substituents is 2. The van der Waals surface area contributed by atoms with E-state index >= 15 is 0 Å². The van der Waals surface area contributed by atoms with E-state index in [2.05, 4.69) is 10.3 Å². The van der Waals surface area contributed by atoms with Crippen LogP contribution >= 0.6 is 11.3 Å². The van der Waals surface area contributed by atoms with Crippen LogP contribution in [0.3, 0.4) is 0 Å². The molecule has 0 spiro atoms. The van der Waals surface area contributed by atoms with Crippen LogP contribution in [0.25, 0.3) is 0 Å². The Morgan fingerprint density at radius 2 is 2.21 bits per heavy atom. The molecule has 5 nitrogen and oxygen atoms in total. The molecule has 0 unspecified atom stereocenters. The average molecular weight is 278 g/mol. The number of nitrogens with one attached hydrogen (secondary N) is 1. The summed E-state index contributed by atoms with van der Waals surface area (Å²) >= 11 is 1.56. The summed E-state index contributed by atoms with van der Waals surface area (Å²) in [5.74, 6) is -0.680. The second-order valence-electron chi connectivity index (χ2n) is 4.09. The molecule has 0 aliphatic heterocycles. The van der Waals surface area contributed by atoms with E-state index in [1.807, 2.05) is 12.3 Å². The third-order valence-corrected chi connectivity index (χ3v) is 3.54. The van der Waals surface area contributed by atoms with Gasteiger partial charge in [0.15, 0.2) is 0 Å². The summed E-state index contributed by atoms with van der Waals surface area (Å²) in [5.41, 5.74) is 1.12. The Morgan fingerprint density at radius 1 is 1.42 bits per heavy atom. The monoisotopic (exact) mass is 278 g/mol. The Balaban J connectivity index is 1.90. The van der Waals surface area contributed by atoms with Crippen molar-refractivity contribution in [2.75, 3.05) is 6.54 Å². The molecular formula is C13H14N2O3S. The third kappa shape index (κ3) is 3.45. The number of phenols is 2. The van der Waals surface area contributed by atoms with Crippen LogP contribution in [-0.4, -0.2) is 27.6 Å². The van der Waals surface area contributed by atoms with Crippen LogP contribution in [0.4, 0.5) is 0 Å². The Morgan fingerprint density at radius 3 is 2.84 bits per heavy atom. The molecule has 19 heavy (non-hydrogen) atoms. The lowest BCUT2D eigenvalue weighted by Crippen LogP contribution is -2.25. The predicted molar refractivity (Wildman–Crippen MR) is 72.7 cm³/mol. The number of nitrogens with zero attached hydrogens (tertiary/aromatic N) is 1. The molecule has 0 radical (unpaired) electrons. The molecule has 0 saturated heterocycles. The van der Waals surface area contributed by atoms with Gasteiger partial charge >= 0.3 is 0 Å². The van der Waals surface area contributed by atoms with Crippen LogP contribution in [0.5, 0.6) is 11.5 Å². The molecule has 0 bridgehead atoms. The van der Waals surface area contributed by atoms with Gasteiger partial charge in [-0.15, -0.1) is 11.3 Å². The van der Waals surface area contributed by atoms with Gasteiger partial charge < -0.3 is 15.5 Å². The molecule has 0 fully saturated rings. The van der Waals surface area contributed by atoms with Gasteiger partial charge in [0.2, 0.25) is 0 Å². The van der Waals surface area contributed by atoms with Crippen LogP contribution in [-0.2, 0) is 6.42 Å². The van der Waals surface area contributed by atoms with Crippen molar-refractivity contribution in [2.45, 2.75) is 13.3 Å². The molecule has 0 atom stereocenters. The number of aryl methyl sites for hydroxylation is 1. The first-order chi connectivity index (χ1) is 9.06. The molecule has 1 heterocycles. The molecule has 0 aliphatic carbocycles. The van der Waals surface area contributed by atoms with E-state index in [-0.39, 0.29) is 23.0 Å². The molecule has 1 amide bonds. The molecule has 100 valence electrons. The lowest BCUT2D eigenvalue weighted by Gasteiger charge is -2.06.